The second kappa shape index (κ2) is 7.50. The Kier molecular flexibility index (Phi) is 5.76. The predicted molar refractivity (Wildman–Crippen MR) is 83.9 cm³/mol. The van der Waals surface area contributed by atoms with Crippen molar-refractivity contribution in [3.05, 3.63) is 35.9 Å². The molecule has 2 heterocycles. The Hall–Kier alpha value is -2.34. The molecule has 26 heavy (non-hydrogen) atoms. The maximum atomic E-state index is 12.1. The number of alkyl halides is 3. The number of nitrogens with one attached hydrogen (secondary N) is 1. The summed E-state index contributed by atoms with van der Waals surface area (Å²) in [4.78, 5) is 11.8. The Morgan fingerprint density at radius 2 is 2.12 bits per heavy atom. The highest BCUT2D eigenvalue weighted by molar-refractivity contribution is 7.91. The van der Waals surface area contributed by atoms with Gasteiger partial charge in [-0.2, -0.15) is 18.3 Å². The summed E-state index contributed by atoms with van der Waals surface area (Å²) in [6.45, 7) is 0. The van der Waals surface area contributed by atoms with Crippen molar-refractivity contribution in [1.29, 1.82) is 0 Å². The standard InChI is InChI=1S/C13H12ClF3N4O4S/c14-12-10(7-21(19-12)9-2-1-4-20(23)6-9)18-11(22)3-5-26(24,25)8-13(15,16)17/h1-2,4,6-7H,3,5,8H2,(H-,18,22,23)/p+1. The van der Waals surface area contributed by atoms with E-state index in [2.05, 4.69) is 10.4 Å². The minimum absolute atomic E-state index is 0.0400. The number of hydrogen-bond acceptors (Lipinski definition) is 5. The zero-order chi connectivity index (χ0) is 19.5. The molecule has 13 heteroatoms. The topological polar surface area (TPSA) is 105 Å². The first-order valence-corrected chi connectivity index (χ1v) is 9.18. The van der Waals surface area contributed by atoms with E-state index >= 15 is 0 Å². The minimum atomic E-state index is -4.86. The first-order valence-electron chi connectivity index (χ1n) is 6.98. The van der Waals surface area contributed by atoms with Crippen molar-refractivity contribution >= 4 is 33.0 Å². The predicted octanol–water partition coefficient (Wildman–Crippen LogP) is 1.36. The Labute approximate surface area is 150 Å². The van der Waals surface area contributed by atoms with E-state index in [1.165, 1.54) is 29.3 Å². The van der Waals surface area contributed by atoms with Gasteiger partial charge in [-0.05, 0) is 6.07 Å². The summed E-state index contributed by atoms with van der Waals surface area (Å²) in [7, 11) is -4.45. The van der Waals surface area contributed by atoms with Crippen molar-refractivity contribution in [2.24, 2.45) is 0 Å². The van der Waals surface area contributed by atoms with Crippen LogP contribution in [0.25, 0.3) is 5.69 Å². The van der Waals surface area contributed by atoms with Gasteiger partial charge in [0.2, 0.25) is 18.3 Å². The summed E-state index contributed by atoms with van der Waals surface area (Å²) in [5.41, 5.74) is 0.448. The smallest absolute Gasteiger partial charge is 0.322 e. The normalized spacial score (nSPS) is 12.2. The van der Waals surface area contributed by atoms with Crippen LogP contribution in [-0.2, 0) is 14.6 Å². The van der Waals surface area contributed by atoms with Gasteiger partial charge in [0.25, 0.3) is 0 Å². The number of nitrogens with zero attached hydrogens (tertiary/aromatic N) is 3. The maximum absolute atomic E-state index is 12.1. The molecule has 0 saturated carbocycles. The number of halogens is 4. The van der Waals surface area contributed by atoms with Gasteiger partial charge in [-0.15, -0.1) is 0 Å². The first kappa shape index (κ1) is 20.0. The third-order valence-corrected chi connectivity index (χ3v) is 4.87. The zero-order valence-electron chi connectivity index (χ0n) is 12.9. The fraction of sp³-hybridized carbons (Fsp3) is 0.308. The highest BCUT2D eigenvalue weighted by Gasteiger charge is 2.35. The van der Waals surface area contributed by atoms with E-state index in [4.69, 9.17) is 11.6 Å². The van der Waals surface area contributed by atoms with Gasteiger partial charge in [0.15, 0.2) is 15.0 Å². The third-order valence-electron chi connectivity index (χ3n) is 3.00. The van der Waals surface area contributed by atoms with Crippen LogP contribution in [0.1, 0.15) is 6.42 Å². The van der Waals surface area contributed by atoms with E-state index < -0.39 is 39.8 Å². The van der Waals surface area contributed by atoms with Crippen molar-refractivity contribution in [2.75, 3.05) is 16.8 Å². The number of amides is 1. The summed E-state index contributed by atoms with van der Waals surface area (Å²) in [6, 6.07) is 3.11. The molecule has 142 valence electrons. The van der Waals surface area contributed by atoms with Crippen molar-refractivity contribution in [2.45, 2.75) is 12.6 Å². The molecule has 0 aliphatic rings. The van der Waals surface area contributed by atoms with Gasteiger partial charge in [0, 0.05) is 17.2 Å². The van der Waals surface area contributed by atoms with Crippen LogP contribution in [0, 0.1) is 0 Å². The summed E-state index contributed by atoms with van der Waals surface area (Å²) in [5.74, 6) is -3.77. The Morgan fingerprint density at radius 1 is 1.42 bits per heavy atom. The van der Waals surface area contributed by atoms with E-state index in [0.29, 0.717) is 5.69 Å². The molecule has 0 fully saturated rings. The van der Waals surface area contributed by atoms with Crippen LogP contribution in [-0.4, -0.2) is 47.0 Å². The largest absolute Gasteiger partial charge is 0.402 e. The molecule has 0 saturated heterocycles. The quantitative estimate of drug-likeness (QED) is 0.549. The number of carbonyl (C=O) groups excluding carboxylic acids is 1. The summed E-state index contributed by atoms with van der Waals surface area (Å²) in [6.07, 6.45) is -1.56. The van der Waals surface area contributed by atoms with Crippen LogP contribution in [0.4, 0.5) is 18.9 Å². The molecule has 0 bridgehead atoms. The molecule has 2 N–H and O–H groups in total. The van der Waals surface area contributed by atoms with Crippen LogP contribution in [0.2, 0.25) is 5.15 Å². The van der Waals surface area contributed by atoms with Gasteiger partial charge in [-0.25, -0.2) is 13.1 Å². The lowest BCUT2D eigenvalue weighted by Crippen LogP contribution is -2.29. The number of pyridine rings is 1. The average Bonchev–Trinajstić information content (AvgIpc) is 2.84. The Bertz CT molecular complexity index is 914. The Morgan fingerprint density at radius 3 is 2.73 bits per heavy atom. The molecule has 0 aliphatic heterocycles. The number of anilines is 1. The third kappa shape index (κ3) is 5.88. The van der Waals surface area contributed by atoms with Crippen molar-refractivity contribution < 1.29 is 36.3 Å². The van der Waals surface area contributed by atoms with Crippen LogP contribution in [0.5, 0.6) is 0 Å². The van der Waals surface area contributed by atoms with Gasteiger partial charge >= 0.3 is 6.18 Å². The molecule has 1 amide bonds. The number of aromatic nitrogens is 3. The second-order valence-corrected chi connectivity index (χ2v) is 7.77. The summed E-state index contributed by atoms with van der Waals surface area (Å²) < 4.78 is 61.1. The lowest BCUT2D eigenvalue weighted by Gasteiger charge is -2.07. The average molecular weight is 414 g/mol. The monoisotopic (exact) mass is 413 g/mol. The van der Waals surface area contributed by atoms with Crippen molar-refractivity contribution in [3.8, 4) is 5.69 Å². The van der Waals surface area contributed by atoms with E-state index in [0.717, 1.165) is 4.73 Å². The molecule has 0 radical (unpaired) electrons. The molecule has 2 aromatic heterocycles. The van der Waals surface area contributed by atoms with E-state index in [-0.39, 0.29) is 10.8 Å². The number of carbonyl (C=O) groups is 1. The molecule has 2 aromatic rings. The van der Waals surface area contributed by atoms with Crippen LogP contribution >= 0.6 is 11.6 Å². The molecule has 8 nitrogen and oxygen atoms in total. The minimum Gasteiger partial charge on any atom is -0.322 e. The maximum Gasteiger partial charge on any atom is 0.402 e. The van der Waals surface area contributed by atoms with Gasteiger partial charge in [-0.3, -0.25) is 10.0 Å². The fourth-order valence-electron chi connectivity index (χ4n) is 1.94. The van der Waals surface area contributed by atoms with Gasteiger partial charge in [0.05, 0.1) is 17.6 Å². The van der Waals surface area contributed by atoms with Gasteiger partial charge in [-0.1, -0.05) is 11.6 Å². The molecule has 0 spiro atoms. The SMILES string of the molecule is O=C(CCS(=O)(=O)CC(F)(F)F)Nc1cn(-c2ccc[n+](O)c2)nc1Cl. The van der Waals surface area contributed by atoms with E-state index in [1.54, 1.807) is 6.07 Å². The highest BCUT2D eigenvalue weighted by Crippen LogP contribution is 2.22. The zero-order valence-corrected chi connectivity index (χ0v) is 14.5. The number of hydrogen-bond donors (Lipinski definition) is 2. The summed E-state index contributed by atoms with van der Waals surface area (Å²) in [5, 5.41) is 15.4. The van der Waals surface area contributed by atoms with E-state index in [1.807, 2.05) is 0 Å². The molecular formula is C13H13ClF3N4O4S+. The Balaban J connectivity index is 2.02. The van der Waals surface area contributed by atoms with Crippen molar-refractivity contribution in [3.63, 3.8) is 0 Å². The number of rotatable bonds is 6. The molecule has 0 aliphatic carbocycles. The molecular weight excluding hydrogens is 401 g/mol. The molecule has 0 aromatic carbocycles. The van der Waals surface area contributed by atoms with Crippen molar-refractivity contribution in [1.82, 2.24) is 9.78 Å². The lowest BCUT2D eigenvalue weighted by atomic mass is 10.4. The van der Waals surface area contributed by atoms with Crippen LogP contribution < -0.4 is 10.0 Å². The van der Waals surface area contributed by atoms with Crippen LogP contribution in [0.3, 0.4) is 0 Å². The van der Waals surface area contributed by atoms with Gasteiger partial charge < -0.3 is 5.32 Å². The van der Waals surface area contributed by atoms with E-state index in [9.17, 15) is 31.6 Å². The number of sulfone groups is 1. The molecule has 0 atom stereocenters. The van der Waals surface area contributed by atoms with Crippen LogP contribution in [0.15, 0.2) is 30.7 Å². The lowest BCUT2D eigenvalue weighted by molar-refractivity contribution is -0.904. The summed E-state index contributed by atoms with van der Waals surface area (Å²) >= 11 is 5.87. The molecule has 0 unspecified atom stereocenters. The fourth-order valence-corrected chi connectivity index (χ4v) is 3.26. The molecule has 2 rings (SSSR count). The second-order valence-electron chi connectivity index (χ2n) is 5.23. The first-order chi connectivity index (χ1) is 12.0. The van der Waals surface area contributed by atoms with Gasteiger partial charge in [0.1, 0.15) is 11.4 Å². The highest BCUT2D eigenvalue weighted by atomic mass is 35.5.